The van der Waals surface area contributed by atoms with E-state index in [0.29, 0.717) is 6.04 Å². The molecule has 1 spiro atoms. The molecule has 112 valence electrons. The maximum atomic E-state index is 6.00. The third-order valence-corrected chi connectivity index (χ3v) is 4.58. The topological polar surface area (TPSA) is 39.1 Å². The molecule has 1 aromatic rings. The van der Waals surface area contributed by atoms with Crippen molar-refractivity contribution >= 4 is 0 Å². The van der Waals surface area contributed by atoms with Crippen LogP contribution in [0.3, 0.4) is 0 Å². The van der Waals surface area contributed by atoms with E-state index in [1.165, 1.54) is 24.8 Å². The Hall–Kier alpha value is -0.870. The molecule has 3 rings (SSSR count). The molecule has 1 saturated heterocycles. The first kappa shape index (κ1) is 14.1. The molecule has 1 N–H and O–H groups in total. The summed E-state index contributed by atoms with van der Waals surface area (Å²) < 4.78 is 8.17. The van der Waals surface area contributed by atoms with Crippen molar-refractivity contribution in [3.63, 3.8) is 0 Å². The average molecular weight is 277 g/mol. The van der Waals surface area contributed by atoms with Crippen molar-refractivity contribution in [2.24, 2.45) is 0 Å². The van der Waals surface area contributed by atoms with Crippen LogP contribution in [0.2, 0.25) is 0 Å². The highest BCUT2D eigenvalue weighted by atomic mass is 16.5. The van der Waals surface area contributed by atoms with Crippen LogP contribution in [0, 0.1) is 0 Å². The van der Waals surface area contributed by atoms with Gasteiger partial charge >= 0.3 is 0 Å². The van der Waals surface area contributed by atoms with Crippen LogP contribution >= 0.6 is 0 Å². The number of hydrogen-bond acceptors (Lipinski definition) is 3. The fraction of sp³-hybridized carbons (Fsp3) is 0.812. The van der Waals surface area contributed by atoms with E-state index < -0.39 is 0 Å². The van der Waals surface area contributed by atoms with E-state index >= 15 is 0 Å². The third-order valence-electron chi connectivity index (χ3n) is 4.58. The molecular weight excluding hydrogens is 250 g/mol. The second-order valence-corrected chi connectivity index (χ2v) is 7.46. The van der Waals surface area contributed by atoms with Crippen molar-refractivity contribution in [3.05, 3.63) is 18.0 Å². The minimum atomic E-state index is 0.150. The van der Waals surface area contributed by atoms with Crippen molar-refractivity contribution in [1.29, 1.82) is 0 Å². The van der Waals surface area contributed by atoms with Crippen molar-refractivity contribution in [2.75, 3.05) is 6.61 Å². The summed E-state index contributed by atoms with van der Waals surface area (Å²) in [6, 6.07) is 0.521. The van der Waals surface area contributed by atoms with Gasteiger partial charge in [-0.1, -0.05) is 0 Å². The summed E-state index contributed by atoms with van der Waals surface area (Å²) in [4.78, 5) is 0. The summed E-state index contributed by atoms with van der Waals surface area (Å²) in [6.07, 6.45) is 10.2. The first-order chi connectivity index (χ1) is 9.46. The highest BCUT2D eigenvalue weighted by Crippen LogP contribution is 2.45. The second kappa shape index (κ2) is 5.15. The summed E-state index contributed by atoms with van der Waals surface area (Å²) in [7, 11) is 0. The SMILES string of the molecule is CC(C)(C)NCc1cnn(C2CCOC3(CCC3)C2)c1. The number of aromatic nitrogens is 2. The molecular formula is C16H27N3O. The van der Waals surface area contributed by atoms with Crippen molar-refractivity contribution in [1.82, 2.24) is 15.1 Å². The summed E-state index contributed by atoms with van der Waals surface area (Å²) in [5, 5.41) is 8.10. The Morgan fingerprint density at radius 2 is 2.25 bits per heavy atom. The van der Waals surface area contributed by atoms with Gasteiger partial charge in [0.05, 0.1) is 17.8 Å². The maximum Gasteiger partial charge on any atom is 0.0703 e. The van der Waals surface area contributed by atoms with Crippen LogP contribution < -0.4 is 5.32 Å². The van der Waals surface area contributed by atoms with E-state index in [4.69, 9.17) is 4.74 Å². The van der Waals surface area contributed by atoms with Gasteiger partial charge in [-0.05, 0) is 52.9 Å². The van der Waals surface area contributed by atoms with Gasteiger partial charge in [0.15, 0.2) is 0 Å². The lowest BCUT2D eigenvalue weighted by molar-refractivity contribution is -0.141. The molecule has 1 aliphatic heterocycles. The van der Waals surface area contributed by atoms with Crippen LogP contribution in [0.25, 0.3) is 0 Å². The largest absolute Gasteiger partial charge is 0.375 e. The third kappa shape index (κ3) is 3.07. The molecule has 2 aliphatic rings. The molecule has 1 unspecified atom stereocenters. The molecule has 0 amide bonds. The van der Waals surface area contributed by atoms with Gasteiger partial charge in [0.1, 0.15) is 0 Å². The predicted octanol–water partition coefficient (Wildman–Crippen LogP) is 3.05. The molecule has 20 heavy (non-hydrogen) atoms. The zero-order chi connectivity index (χ0) is 14.2. The van der Waals surface area contributed by atoms with Gasteiger partial charge in [-0.15, -0.1) is 0 Å². The number of ether oxygens (including phenoxy) is 1. The van der Waals surface area contributed by atoms with Crippen molar-refractivity contribution < 1.29 is 4.74 Å². The van der Waals surface area contributed by atoms with Crippen LogP contribution in [0.5, 0.6) is 0 Å². The molecule has 1 atom stereocenters. The Kier molecular flexibility index (Phi) is 3.63. The van der Waals surface area contributed by atoms with Gasteiger partial charge in [0.25, 0.3) is 0 Å². The fourth-order valence-corrected chi connectivity index (χ4v) is 3.18. The number of nitrogens with zero attached hydrogens (tertiary/aromatic N) is 2. The maximum absolute atomic E-state index is 6.00. The van der Waals surface area contributed by atoms with Gasteiger partial charge in [0.2, 0.25) is 0 Å². The lowest BCUT2D eigenvalue weighted by Gasteiger charge is -2.47. The molecule has 4 heteroatoms. The normalized spacial score (nSPS) is 25.6. The van der Waals surface area contributed by atoms with Crippen LogP contribution in [0.1, 0.15) is 64.5 Å². The molecule has 2 fully saturated rings. The molecule has 0 aromatic carbocycles. The highest BCUT2D eigenvalue weighted by Gasteiger charge is 2.43. The van der Waals surface area contributed by atoms with Crippen LogP contribution in [0.4, 0.5) is 0 Å². The molecule has 1 aliphatic carbocycles. The Morgan fingerprint density at radius 3 is 2.90 bits per heavy atom. The quantitative estimate of drug-likeness (QED) is 0.923. The van der Waals surface area contributed by atoms with Gasteiger partial charge in [-0.3, -0.25) is 4.68 Å². The summed E-state index contributed by atoms with van der Waals surface area (Å²) in [6.45, 7) is 8.35. The minimum Gasteiger partial charge on any atom is -0.375 e. The van der Waals surface area contributed by atoms with Crippen LogP contribution in [0.15, 0.2) is 12.4 Å². The van der Waals surface area contributed by atoms with Crippen molar-refractivity contribution in [2.45, 2.75) is 76.6 Å². The summed E-state index contributed by atoms with van der Waals surface area (Å²) >= 11 is 0. The smallest absolute Gasteiger partial charge is 0.0703 e. The monoisotopic (exact) mass is 277 g/mol. The van der Waals surface area contributed by atoms with Crippen LogP contribution in [-0.4, -0.2) is 27.5 Å². The van der Waals surface area contributed by atoms with E-state index in [2.05, 4.69) is 42.1 Å². The van der Waals surface area contributed by atoms with Gasteiger partial charge in [0, 0.05) is 30.5 Å². The van der Waals surface area contributed by atoms with Crippen LogP contribution in [-0.2, 0) is 11.3 Å². The lowest BCUT2D eigenvalue weighted by Crippen LogP contribution is -2.46. The summed E-state index contributed by atoms with van der Waals surface area (Å²) in [5.41, 5.74) is 1.62. The Bertz CT molecular complexity index is 457. The first-order valence-corrected chi connectivity index (χ1v) is 7.88. The molecule has 0 radical (unpaired) electrons. The van der Waals surface area contributed by atoms with E-state index in [9.17, 15) is 0 Å². The predicted molar refractivity (Wildman–Crippen MR) is 79.6 cm³/mol. The standard InChI is InChI=1S/C16H27N3O/c1-15(2,3)17-10-13-11-18-19(12-13)14-5-8-20-16(9-14)6-4-7-16/h11-12,14,17H,4-10H2,1-3H3. The zero-order valence-corrected chi connectivity index (χ0v) is 13.0. The number of hydrogen-bond donors (Lipinski definition) is 1. The average Bonchev–Trinajstić information content (AvgIpc) is 2.83. The van der Waals surface area contributed by atoms with Gasteiger partial charge in [-0.25, -0.2) is 0 Å². The Balaban J connectivity index is 1.61. The lowest BCUT2D eigenvalue weighted by atomic mass is 9.74. The Morgan fingerprint density at radius 1 is 1.45 bits per heavy atom. The highest BCUT2D eigenvalue weighted by molar-refractivity contribution is 5.06. The fourth-order valence-electron chi connectivity index (χ4n) is 3.18. The van der Waals surface area contributed by atoms with Crippen molar-refractivity contribution in [3.8, 4) is 0 Å². The van der Waals surface area contributed by atoms with Gasteiger partial charge in [-0.2, -0.15) is 5.10 Å². The molecule has 1 aromatic heterocycles. The molecule has 0 bridgehead atoms. The number of rotatable bonds is 3. The molecule has 2 heterocycles. The van der Waals surface area contributed by atoms with E-state index in [0.717, 1.165) is 26.0 Å². The minimum absolute atomic E-state index is 0.150. The van der Waals surface area contributed by atoms with E-state index in [1.807, 2.05) is 6.20 Å². The number of nitrogens with one attached hydrogen (secondary N) is 1. The first-order valence-electron chi connectivity index (χ1n) is 7.88. The second-order valence-electron chi connectivity index (χ2n) is 7.46. The molecule has 4 nitrogen and oxygen atoms in total. The van der Waals surface area contributed by atoms with E-state index in [-0.39, 0.29) is 11.1 Å². The Labute approximate surface area is 121 Å². The summed E-state index contributed by atoms with van der Waals surface area (Å²) in [5.74, 6) is 0. The molecule has 1 saturated carbocycles. The van der Waals surface area contributed by atoms with Gasteiger partial charge < -0.3 is 10.1 Å². The zero-order valence-electron chi connectivity index (χ0n) is 13.0. The van der Waals surface area contributed by atoms with E-state index in [1.54, 1.807) is 0 Å².